The maximum Gasteiger partial charge on any atom is 0.306 e. The van der Waals surface area contributed by atoms with Crippen LogP contribution in [0.3, 0.4) is 0 Å². The lowest BCUT2D eigenvalue weighted by Gasteiger charge is -2.40. The lowest BCUT2D eigenvalue weighted by molar-refractivity contribution is -0.144. The van der Waals surface area contributed by atoms with Crippen LogP contribution in [0.4, 0.5) is 4.39 Å². The van der Waals surface area contributed by atoms with Gasteiger partial charge in [-0.25, -0.2) is 4.39 Å². The average Bonchev–Trinajstić information content (AvgIpc) is 2.41. The molecule has 2 rings (SSSR count). The molecule has 1 aliphatic heterocycles. The van der Waals surface area contributed by atoms with Gasteiger partial charge in [-0.1, -0.05) is 12.1 Å². The van der Waals surface area contributed by atoms with Crippen molar-refractivity contribution in [3.8, 4) is 0 Å². The number of carboxylic acids is 1. The summed E-state index contributed by atoms with van der Waals surface area (Å²) in [6, 6.07) is 7.23. The first kappa shape index (κ1) is 15.0. The monoisotopic (exact) mass is 279 g/mol. The van der Waals surface area contributed by atoms with Crippen LogP contribution in [0.1, 0.15) is 32.3 Å². The van der Waals surface area contributed by atoms with Gasteiger partial charge in [0.2, 0.25) is 0 Å². The number of halogens is 1. The van der Waals surface area contributed by atoms with E-state index < -0.39 is 5.97 Å². The molecule has 0 aromatic heterocycles. The molecule has 1 N–H and O–H groups in total. The molecule has 1 aromatic rings. The van der Waals surface area contributed by atoms with E-state index in [0.717, 1.165) is 18.5 Å². The smallest absolute Gasteiger partial charge is 0.306 e. The van der Waals surface area contributed by atoms with Crippen LogP contribution in [-0.4, -0.2) is 34.6 Å². The number of nitrogens with zero attached hydrogens (tertiary/aromatic N) is 1. The summed E-state index contributed by atoms with van der Waals surface area (Å²) in [5.74, 6) is -1.10. The van der Waals surface area contributed by atoms with Gasteiger partial charge in [0, 0.05) is 12.1 Å². The highest BCUT2D eigenvalue weighted by molar-refractivity contribution is 5.70. The van der Waals surface area contributed by atoms with Crippen molar-refractivity contribution < 1.29 is 14.3 Å². The number of likely N-dealkylation sites (tertiary alicyclic amines) is 1. The van der Waals surface area contributed by atoms with Crippen LogP contribution in [0.25, 0.3) is 0 Å². The molecular weight excluding hydrogens is 257 g/mol. The molecule has 0 spiro atoms. The lowest BCUT2D eigenvalue weighted by atomic mass is 9.90. The van der Waals surface area contributed by atoms with Gasteiger partial charge in [0.1, 0.15) is 5.82 Å². The summed E-state index contributed by atoms with van der Waals surface area (Å²) in [7, 11) is 0. The fraction of sp³-hybridized carbons (Fsp3) is 0.562. The number of benzene rings is 1. The molecular formula is C16H22FNO2. The highest BCUT2D eigenvalue weighted by atomic mass is 19.1. The minimum atomic E-state index is -0.678. The molecule has 0 aliphatic carbocycles. The fourth-order valence-electron chi connectivity index (χ4n) is 3.15. The number of rotatable bonds is 4. The van der Waals surface area contributed by atoms with Crippen LogP contribution in [0.15, 0.2) is 24.3 Å². The van der Waals surface area contributed by atoms with Gasteiger partial charge >= 0.3 is 5.97 Å². The van der Waals surface area contributed by atoms with Gasteiger partial charge in [-0.2, -0.15) is 0 Å². The molecule has 0 bridgehead atoms. The molecule has 0 saturated carbocycles. The molecule has 1 heterocycles. The minimum Gasteiger partial charge on any atom is -0.481 e. The number of hydrogen-bond donors (Lipinski definition) is 1. The topological polar surface area (TPSA) is 40.5 Å². The maximum atomic E-state index is 12.9. The fourth-order valence-corrected chi connectivity index (χ4v) is 3.15. The van der Waals surface area contributed by atoms with Crippen molar-refractivity contribution in [2.45, 2.75) is 45.2 Å². The first-order chi connectivity index (χ1) is 9.47. The molecule has 4 heteroatoms. The van der Waals surface area contributed by atoms with Gasteiger partial charge < -0.3 is 5.11 Å². The number of carboxylic acid groups (broad SMARTS) is 1. The predicted molar refractivity (Wildman–Crippen MR) is 76.1 cm³/mol. The number of carbonyl (C=O) groups is 1. The second-order valence-electron chi connectivity index (χ2n) is 5.83. The lowest BCUT2D eigenvalue weighted by Crippen LogP contribution is -2.47. The number of piperidine rings is 1. The van der Waals surface area contributed by atoms with Crippen molar-refractivity contribution in [2.24, 2.45) is 5.92 Å². The first-order valence-corrected chi connectivity index (χ1v) is 7.20. The van der Waals surface area contributed by atoms with Gasteiger partial charge in [0.15, 0.2) is 0 Å². The SMILES string of the molecule is CC(Cc1ccc(F)cc1)N1CCC(C(=O)O)CC1C. The van der Waals surface area contributed by atoms with E-state index in [-0.39, 0.29) is 17.8 Å². The van der Waals surface area contributed by atoms with Crippen LogP contribution >= 0.6 is 0 Å². The van der Waals surface area contributed by atoms with Gasteiger partial charge in [0.05, 0.1) is 5.92 Å². The molecule has 3 nitrogen and oxygen atoms in total. The van der Waals surface area contributed by atoms with Gasteiger partial charge in [-0.3, -0.25) is 9.69 Å². The van der Waals surface area contributed by atoms with E-state index in [1.165, 1.54) is 12.1 Å². The maximum absolute atomic E-state index is 12.9. The van der Waals surface area contributed by atoms with Crippen molar-refractivity contribution in [3.05, 3.63) is 35.6 Å². The van der Waals surface area contributed by atoms with Crippen molar-refractivity contribution >= 4 is 5.97 Å². The van der Waals surface area contributed by atoms with Crippen LogP contribution in [0, 0.1) is 11.7 Å². The van der Waals surface area contributed by atoms with Crippen LogP contribution in [0.5, 0.6) is 0 Å². The number of aliphatic carboxylic acids is 1. The predicted octanol–water partition coefficient (Wildman–Crippen LogP) is 2.94. The molecule has 20 heavy (non-hydrogen) atoms. The molecule has 1 saturated heterocycles. The summed E-state index contributed by atoms with van der Waals surface area (Å²) in [6.07, 6.45) is 2.29. The highest BCUT2D eigenvalue weighted by Crippen LogP contribution is 2.25. The molecule has 1 fully saturated rings. The van der Waals surface area contributed by atoms with Crippen molar-refractivity contribution in [3.63, 3.8) is 0 Å². The number of hydrogen-bond acceptors (Lipinski definition) is 2. The van der Waals surface area contributed by atoms with E-state index in [2.05, 4.69) is 18.7 Å². The Morgan fingerprint density at radius 2 is 2.10 bits per heavy atom. The zero-order valence-corrected chi connectivity index (χ0v) is 12.1. The molecule has 1 aromatic carbocycles. The van der Waals surface area contributed by atoms with E-state index in [4.69, 9.17) is 5.11 Å². The summed E-state index contributed by atoms with van der Waals surface area (Å²) < 4.78 is 12.9. The molecule has 3 unspecified atom stereocenters. The molecule has 0 radical (unpaired) electrons. The third-order valence-electron chi connectivity index (χ3n) is 4.29. The van der Waals surface area contributed by atoms with Gasteiger partial charge in [0.25, 0.3) is 0 Å². The Bertz CT molecular complexity index is 460. The Hall–Kier alpha value is -1.42. The Morgan fingerprint density at radius 3 is 2.65 bits per heavy atom. The largest absolute Gasteiger partial charge is 0.481 e. The summed E-state index contributed by atoms with van der Waals surface area (Å²) >= 11 is 0. The van der Waals surface area contributed by atoms with E-state index >= 15 is 0 Å². The summed E-state index contributed by atoms with van der Waals surface area (Å²) in [6.45, 7) is 5.07. The van der Waals surface area contributed by atoms with Crippen molar-refractivity contribution in [2.75, 3.05) is 6.54 Å². The van der Waals surface area contributed by atoms with Crippen molar-refractivity contribution in [1.82, 2.24) is 4.90 Å². The molecule has 1 aliphatic rings. The summed E-state index contributed by atoms with van der Waals surface area (Å²) in [4.78, 5) is 13.4. The minimum absolute atomic E-state index is 0.209. The normalized spacial score (nSPS) is 25.4. The average molecular weight is 279 g/mol. The Kier molecular flexibility index (Phi) is 4.76. The molecule has 3 atom stereocenters. The zero-order valence-electron chi connectivity index (χ0n) is 12.1. The van der Waals surface area contributed by atoms with Gasteiger partial charge in [-0.05, 0) is 57.4 Å². The third kappa shape index (κ3) is 3.57. The van der Waals surface area contributed by atoms with Crippen LogP contribution < -0.4 is 0 Å². The Labute approximate surface area is 119 Å². The highest BCUT2D eigenvalue weighted by Gasteiger charge is 2.31. The van der Waals surface area contributed by atoms with E-state index in [1.807, 2.05) is 12.1 Å². The summed E-state index contributed by atoms with van der Waals surface area (Å²) in [5, 5.41) is 9.09. The van der Waals surface area contributed by atoms with E-state index in [0.29, 0.717) is 18.9 Å². The van der Waals surface area contributed by atoms with E-state index in [1.54, 1.807) is 0 Å². The second kappa shape index (κ2) is 6.35. The molecule has 0 amide bonds. The summed E-state index contributed by atoms with van der Waals surface area (Å²) in [5.41, 5.74) is 1.12. The van der Waals surface area contributed by atoms with E-state index in [9.17, 15) is 9.18 Å². The van der Waals surface area contributed by atoms with Crippen LogP contribution in [-0.2, 0) is 11.2 Å². The first-order valence-electron chi connectivity index (χ1n) is 7.20. The van der Waals surface area contributed by atoms with Gasteiger partial charge in [-0.15, -0.1) is 0 Å². The van der Waals surface area contributed by atoms with Crippen LogP contribution in [0.2, 0.25) is 0 Å². The Morgan fingerprint density at radius 1 is 1.45 bits per heavy atom. The standard InChI is InChI=1S/C16H22FNO2/c1-11(9-13-3-5-15(17)6-4-13)18-8-7-14(16(19)20)10-12(18)2/h3-6,11-12,14H,7-10H2,1-2H3,(H,19,20). The quantitative estimate of drug-likeness (QED) is 0.921. The third-order valence-corrected chi connectivity index (χ3v) is 4.29. The second-order valence-corrected chi connectivity index (χ2v) is 5.83. The zero-order chi connectivity index (χ0) is 14.7. The van der Waals surface area contributed by atoms with Crippen molar-refractivity contribution in [1.29, 1.82) is 0 Å². The Balaban J connectivity index is 1.94. The molecule has 110 valence electrons.